The Morgan fingerprint density at radius 1 is 1.21 bits per heavy atom. The van der Waals surface area contributed by atoms with Gasteiger partial charge in [-0.15, -0.1) is 0 Å². The van der Waals surface area contributed by atoms with Crippen LogP contribution in [0, 0.1) is 11.8 Å². The lowest BCUT2D eigenvalue weighted by Gasteiger charge is -2.35. The molecule has 1 saturated heterocycles. The number of carbonyl (C=O) groups excluding carboxylic acids is 3. The normalized spacial score (nSPS) is 20.2. The van der Waals surface area contributed by atoms with Gasteiger partial charge in [0.2, 0.25) is 11.8 Å². The van der Waals surface area contributed by atoms with Gasteiger partial charge in [-0.2, -0.15) is 0 Å². The monoisotopic (exact) mass is 398 g/mol. The molecule has 4 unspecified atom stereocenters. The third-order valence-corrected chi connectivity index (χ3v) is 5.32. The zero-order valence-corrected chi connectivity index (χ0v) is 18.2. The molecule has 0 radical (unpaired) electrons. The fourth-order valence-corrected chi connectivity index (χ4v) is 3.62. The van der Waals surface area contributed by atoms with E-state index in [2.05, 4.69) is 19.2 Å². The van der Waals surface area contributed by atoms with E-state index in [0.29, 0.717) is 38.6 Å². The van der Waals surface area contributed by atoms with E-state index in [4.69, 9.17) is 9.47 Å². The van der Waals surface area contributed by atoms with Crippen LogP contribution in [0.1, 0.15) is 66.7 Å². The van der Waals surface area contributed by atoms with Gasteiger partial charge in [0.05, 0.1) is 18.6 Å². The second-order valence-corrected chi connectivity index (χ2v) is 7.66. The number of piperidine rings is 1. The van der Waals surface area contributed by atoms with E-state index in [1.54, 1.807) is 11.8 Å². The Bertz CT molecular complexity index is 511. The van der Waals surface area contributed by atoms with Crippen molar-refractivity contribution in [2.75, 3.05) is 26.3 Å². The van der Waals surface area contributed by atoms with Crippen molar-refractivity contribution in [2.45, 2.75) is 78.9 Å². The van der Waals surface area contributed by atoms with Crippen LogP contribution in [-0.2, 0) is 23.9 Å². The van der Waals surface area contributed by atoms with Crippen LogP contribution in [0.3, 0.4) is 0 Å². The Labute approximate surface area is 169 Å². The molecule has 2 amide bonds. The Morgan fingerprint density at radius 3 is 2.50 bits per heavy atom. The lowest BCUT2D eigenvalue weighted by atomic mass is 9.97. The summed E-state index contributed by atoms with van der Waals surface area (Å²) in [5.74, 6) is -0.580. The molecule has 1 aliphatic rings. The summed E-state index contributed by atoms with van der Waals surface area (Å²) in [6.45, 7) is 11.1. The summed E-state index contributed by atoms with van der Waals surface area (Å²) in [7, 11) is 0. The molecule has 7 heteroatoms. The molecule has 0 aromatic heterocycles. The smallest absolute Gasteiger partial charge is 0.310 e. The zero-order chi connectivity index (χ0) is 21.1. The minimum atomic E-state index is -0.752. The van der Waals surface area contributed by atoms with E-state index in [1.807, 2.05) is 6.92 Å². The van der Waals surface area contributed by atoms with Gasteiger partial charge in [-0.3, -0.25) is 14.4 Å². The number of nitrogens with zero attached hydrogens (tertiary/aromatic N) is 1. The molecule has 0 bridgehead atoms. The first-order chi connectivity index (χ1) is 13.3. The zero-order valence-electron chi connectivity index (χ0n) is 18.2. The number of hydrogen-bond acceptors (Lipinski definition) is 5. The number of carbonyl (C=O) groups is 3. The number of ether oxygens (including phenoxy) is 2. The molecular formula is C21H38N2O5. The summed E-state index contributed by atoms with van der Waals surface area (Å²) in [5, 5.41) is 2.75. The third-order valence-electron chi connectivity index (χ3n) is 5.32. The fraction of sp³-hybridized carbons (Fsp3) is 0.857. The Morgan fingerprint density at radius 2 is 1.93 bits per heavy atom. The van der Waals surface area contributed by atoms with Gasteiger partial charge in [0.1, 0.15) is 6.04 Å². The first kappa shape index (κ1) is 24.4. The fourth-order valence-electron chi connectivity index (χ4n) is 3.62. The topological polar surface area (TPSA) is 84.9 Å². The average molecular weight is 399 g/mol. The van der Waals surface area contributed by atoms with Crippen LogP contribution in [0.25, 0.3) is 0 Å². The quantitative estimate of drug-likeness (QED) is 0.541. The molecule has 0 aliphatic carbocycles. The van der Waals surface area contributed by atoms with E-state index >= 15 is 0 Å². The van der Waals surface area contributed by atoms with Crippen molar-refractivity contribution < 1.29 is 23.9 Å². The first-order valence-corrected chi connectivity index (χ1v) is 10.7. The van der Waals surface area contributed by atoms with Crippen LogP contribution in [0.4, 0.5) is 0 Å². The van der Waals surface area contributed by atoms with Crippen LogP contribution >= 0.6 is 0 Å². The summed E-state index contributed by atoms with van der Waals surface area (Å²) < 4.78 is 11.1. The minimum Gasteiger partial charge on any atom is -0.466 e. The van der Waals surface area contributed by atoms with Crippen molar-refractivity contribution in [2.24, 2.45) is 11.8 Å². The summed E-state index contributed by atoms with van der Waals surface area (Å²) >= 11 is 0. The summed E-state index contributed by atoms with van der Waals surface area (Å²) in [6, 6.07) is -0.752. The van der Waals surface area contributed by atoms with Crippen molar-refractivity contribution in [3.05, 3.63) is 0 Å². The van der Waals surface area contributed by atoms with Gasteiger partial charge in [-0.1, -0.05) is 26.7 Å². The van der Waals surface area contributed by atoms with Crippen molar-refractivity contribution in [1.29, 1.82) is 0 Å². The first-order valence-electron chi connectivity index (χ1n) is 10.7. The lowest BCUT2D eigenvalue weighted by molar-refractivity contribution is -0.152. The molecule has 1 fully saturated rings. The number of esters is 1. The Balaban J connectivity index is 2.77. The standard InChI is InChI=1S/C21H38N2O5/c1-6-10-17(7-2)14-28-15(4)19(22-16(5)24)20(25)23-12-9-11-18(13-23)21(26)27-8-3/h15,17-19H,6-14H2,1-5H3,(H,22,24). The predicted molar refractivity (Wildman–Crippen MR) is 108 cm³/mol. The number of rotatable bonds is 11. The molecule has 1 aliphatic heterocycles. The number of hydrogen-bond donors (Lipinski definition) is 1. The van der Waals surface area contributed by atoms with Crippen molar-refractivity contribution in [3.63, 3.8) is 0 Å². The highest BCUT2D eigenvalue weighted by molar-refractivity contribution is 5.88. The van der Waals surface area contributed by atoms with Gasteiger partial charge in [0, 0.05) is 26.6 Å². The molecule has 0 saturated carbocycles. The molecular weight excluding hydrogens is 360 g/mol. The number of nitrogens with one attached hydrogen (secondary N) is 1. The molecule has 0 spiro atoms. The average Bonchev–Trinajstić information content (AvgIpc) is 2.68. The molecule has 1 rings (SSSR count). The van der Waals surface area contributed by atoms with Gasteiger partial charge in [-0.05, 0) is 39.0 Å². The molecule has 162 valence electrons. The van der Waals surface area contributed by atoms with Gasteiger partial charge >= 0.3 is 5.97 Å². The van der Waals surface area contributed by atoms with E-state index in [1.165, 1.54) is 6.92 Å². The molecule has 0 aromatic carbocycles. The third kappa shape index (κ3) is 7.78. The molecule has 4 atom stereocenters. The molecule has 1 N–H and O–H groups in total. The number of amides is 2. The van der Waals surface area contributed by atoms with Gasteiger partial charge < -0.3 is 19.7 Å². The molecule has 7 nitrogen and oxygen atoms in total. The maximum absolute atomic E-state index is 13.1. The van der Waals surface area contributed by atoms with Crippen LogP contribution in [0.15, 0.2) is 0 Å². The maximum Gasteiger partial charge on any atom is 0.310 e. The van der Waals surface area contributed by atoms with Crippen LogP contribution in [0.2, 0.25) is 0 Å². The van der Waals surface area contributed by atoms with E-state index < -0.39 is 12.1 Å². The van der Waals surface area contributed by atoms with Crippen molar-refractivity contribution in [1.82, 2.24) is 10.2 Å². The van der Waals surface area contributed by atoms with Crippen LogP contribution in [-0.4, -0.2) is 61.1 Å². The highest BCUT2D eigenvalue weighted by Gasteiger charge is 2.35. The van der Waals surface area contributed by atoms with Gasteiger partial charge in [-0.25, -0.2) is 0 Å². The van der Waals surface area contributed by atoms with Crippen molar-refractivity contribution >= 4 is 17.8 Å². The summed E-state index contributed by atoms with van der Waals surface area (Å²) in [5.41, 5.74) is 0. The highest BCUT2D eigenvalue weighted by Crippen LogP contribution is 2.20. The highest BCUT2D eigenvalue weighted by atomic mass is 16.5. The molecule has 0 aromatic rings. The Kier molecular flexibility index (Phi) is 11.1. The number of likely N-dealkylation sites (tertiary alicyclic amines) is 1. The largest absolute Gasteiger partial charge is 0.466 e. The predicted octanol–water partition coefficient (Wildman–Crippen LogP) is 2.52. The van der Waals surface area contributed by atoms with Gasteiger partial charge in [0.25, 0.3) is 0 Å². The summed E-state index contributed by atoms with van der Waals surface area (Å²) in [4.78, 5) is 38.5. The van der Waals surface area contributed by atoms with E-state index in [9.17, 15) is 14.4 Å². The molecule has 28 heavy (non-hydrogen) atoms. The second kappa shape index (κ2) is 12.8. The maximum atomic E-state index is 13.1. The van der Waals surface area contributed by atoms with Crippen LogP contribution < -0.4 is 5.32 Å². The van der Waals surface area contributed by atoms with Crippen molar-refractivity contribution in [3.8, 4) is 0 Å². The minimum absolute atomic E-state index is 0.194. The van der Waals surface area contributed by atoms with E-state index in [0.717, 1.165) is 25.7 Å². The summed E-state index contributed by atoms with van der Waals surface area (Å²) in [6.07, 6.45) is 4.21. The Hall–Kier alpha value is -1.63. The lowest BCUT2D eigenvalue weighted by Crippen LogP contribution is -2.56. The second-order valence-electron chi connectivity index (χ2n) is 7.66. The van der Waals surface area contributed by atoms with Gasteiger partial charge in [0.15, 0.2) is 0 Å². The van der Waals surface area contributed by atoms with E-state index in [-0.39, 0.29) is 23.7 Å². The SMILES string of the molecule is CCCC(CC)COC(C)C(NC(C)=O)C(=O)N1CCCC(C(=O)OCC)C1. The molecule has 1 heterocycles. The van der Waals surface area contributed by atoms with Crippen LogP contribution in [0.5, 0.6) is 0 Å².